The molecule has 2 rings (SSSR count). The maximum atomic E-state index is 11.8. The largest absolute Gasteiger partial charge is 0.489 e. The van der Waals surface area contributed by atoms with Gasteiger partial charge in [0.05, 0.1) is 6.61 Å². The van der Waals surface area contributed by atoms with Crippen LogP contribution in [0, 0.1) is 0 Å². The number of nitrogens with one attached hydrogen (secondary N) is 1. The zero-order valence-electron chi connectivity index (χ0n) is 15.5. The van der Waals surface area contributed by atoms with E-state index in [0.29, 0.717) is 18.9 Å². The van der Waals surface area contributed by atoms with Crippen molar-refractivity contribution in [3.8, 4) is 5.75 Å². The van der Waals surface area contributed by atoms with Crippen LogP contribution in [0.4, 0.5) is 0 Å². The number of benzene rings is 1. The molecule has 0 amide bonds. The van der Waals surface area contributed by atoms with Crippen LogP contribution in [-0.2, 0) is 4.74 Å². The van der Waals surface area contributed by atoms with Crippen molar-refractivity contribution in [3.63, 3.8) is 0 Å². The summed E-state index contributed by atoms with van der Waals surface area (Å²) >= 11 is 0. The molecule has 4 heteroatoms. The summed E-state index contributed by atoms with van der Waals surface area (Å²) in [6.07, 6.45) is 6.48. The molecule has 1 heterocycles. The van der Waals surface area contributed by atoms with E-state index in [9.17, 15) is 4.79 Å². The SMILES string of the molecule is CCOC(=O)c1cc2ccc(OC/C=C(\C)CCC=C(C)C)cc2[nH]1. The minimum Gasteiger partial charge on any atom is -0.489 e. The monoisotopic (exact) mass is 341 g/mol. The van der Waals surface area contributed by atoms with Gasteiger partial charge in [-0.05, 0) is 64.8 Å². The summed E-state index contributed by atoms with van der Waals surface area (Å²) in [6, 6.07) is 7.56. The molecule has 2 aromatic rings. The molecule has 0 saturated carbocycles. The third-order valence-corrected chi connectivity index (χ3v) is 3.86. The maximum absolute atomic E-state index is 11.8. The lowest BCUT2D eigenvalue weighted by Gasteiger charge is -2.05. The van der Waals surface area contributed by atoms with Gasteiger partial charge in [-0.2, -0.15) is 0 Å². The van der Waals surface area contributed by atoms with Gasteiger partial charge >= 0.3 is 5.97 Å². The molecule has 0 aliphatic heterocycles. The number of rotatable bonds is 8. The van der Waals surface area contributed by atoms with Gasteiger partial charge in [-0.25, -0.2) is 4.79 Å². The first-order valence-electron chi connectivity index (χ1n) is 8.71. The first-order valence-corrected chi connectivity index (χ1v) is 8.71. The number of aromatic amines is 1. The molecule has 0 atom stereocenters. The van der Waals surface area contributed by atoms with E-state index in [4.69, 9.17) is 9.47 Å². The summed E-state index contributed by atoms with van der Waals surface area (Å²) < 4.78 is 10.8. The van der Waals surface area contributed by atoms with Crippen LogP contribution in [0.3, 0.4) is 0 Å². The molecule has 0 spiro atoms. The predicted octanol–water partition coefficient (Wildman–Crippen LogP) is 5.42. The molecule has 4 nitrogen and oxygen atoms in total. The molecule has 1 aromatic heterocycles. The molecule has 0 unspecified atom stereocenters. The van der Waals surface area contributed by atoms with Gasteiger partial charge in [-0.3, -0.25) is 0 Å². The van der Waals surface area contributed by atoms with Crippen molar-refractivity contribution < 1.29 is 14.3 Å². The molecular weight excluding hydrogens is 314 g/mol. The van der Waals surface area contributed by atoms with Crippen LogP contribution < -0.4 is 4.74 Å². The van der Waals surface area contributed by atoms with E-state index in [0.717, 1.165) is 29.5 Å². The molecule has 0 aliphatic rings. The Morgan fingerprint density at radius 1 is 1.16 bits per heavy atom. The summed E-state index contributed by atoms with van der Waals surface area (Å²) in [4.78, 5) is 14.9. The average Bonchev–Trinajstić information content (AvgIpc) is 2.98. The van der Waals surface area contributed by atoms with Crippen LogP contribution in [0.5, 0.6) is 5.75 Å². The summed E-state index contributed by atoms with van der Waals surface area (Å²) in [5.74, 6) is 0.439. The second kappa shape index (κ2) is 9.11. The fraction of sp³-hybridized carbons (Fsp3) is 0.381. The minimum absolute atomic E-state index is 0.337. The number of aromatic nitrogens is 1. The Morgan fingerprint density at radius 2 is 1.96 bits per heavy atom. The number of allylic oxidation sites excluding steroid dienone is 3. The Hall–Kier alpha value is -2.49. The lowest BCUT2D eigenvalue weighted by molar-refractivity contribution is 0.0520. The van der Waals surface area contributed by atoms with Gasteiger partial charge in [0, 0.05) is 17.0 Å². The Morgan fingerprint density at radius 3 is 2.68 bits per heavy atom. The first kappa shape index (κ1) is 18.8. The molecule has 0 radical (unpaired) electrons. The van der Waals surface area contributed by atoms with Crippen molar-refractivity contribution in [2.45, 2.75) is 40.5 Å². The van der Waals surface area contributed by atoms with Gasteiger partial charge in [-0.1, -0.05) is 17.2 Å². The standard InChI is InChI=1S/C21H27NO3/c1-5-24-21(23)20-13-17-9-10-18(14-19(17)22-20)25-12-11-16(4)8-6-7-15(2)3/h7,9-11,13-14,22H,5-6,8,12H2,1-4H3/b16-11+. The zero-order valence-corrected chi connectivity index (χ0v) is 15.5. The van der Waals surface area contributed by atoms with Crippen LogP contribution >= 0.6 is 0 Å². The second-order valence-electron chi connectivity index (χ2n) is 6.33. The quantitative estimate of drug-likeness (QED) is 0.515. The zero-order chi connectivity index (χ0) is 18.2. The van der Waals surface area contributed by atoms with Crippen molar-refractivity contribution in [1.82, 2.24) is 4.98 Å². The van der Waals surface area contributed by atoms with E-state index in [1.807, 2.05) is 18.2 Å². The number of esters is 1. The van der Waals surface area contributed by atoms with E-state index in [1.54, 1.807) is 13.0 Å². The molecular formula is C21H27NO3. The van der Waals surface area contributed by atoms with E-state index < -0.39 is 0 Å². The Bertz CT molecular complexity index is 780. The van der Waals surface area contributed by atoms with Crippen molar-refractivity contribution in [2.75, 3.05) is 13.2 Å². The van der Waals surface area contributed by atoms with Crippen LogP contribution in [0.25, 0.3) is 10.9 Å². The molecule has 1 aromatic carbocycles. The Balaban J connectivity index is 1.95. The van der Waals surface area contributed by atoms with Gasteiger partial charge in [0.2, 0.25) is 0 Å². The van der Waals surface area contributed by atoms with Gasteiger partial charge in [0.25, 0.3) is 0 Å². The molecule has 0 fully saturated rings. The highest BCUT2D eigenvalue weighted by atomic mass is 16.5. The fourth-order valence-electron chi connectivity index (χ4n) is 2.49. The number of ether oxygens (including phenoxy) is 2. The van der Waals surface area contributed by atoms with Gasteiger partial charge in [0.15, 0.2) is 0 Å². The molecule has 1 N–H and O–H groups in total. The number of hydrogen-bond donors (Lipinski definition) is 1. The molecule has 0 bridgehead atoms. The summed E-state index contributed by atoms with van der Waals surface area (Å²) in [5, 5.41) is 0.962. The lowest BCUT2D eigenvalue weighted by atomic mass is 10.1. The van der Waals surface area contributed by atoms with Crippen LogP contribution in [0.1, 0.15) is 51.0 Å². The Kier molecular flexibility index (Phi) is 6.87. The second-order valence-corrected chi connectivity index (χ2v) is 6.33. The fourth-order valence-corrected chi connectivity index (χ4v) is 2.49. The number of fused-ring (bicyclic) bond motifs is 1. The van der Waals surface area contributed by atoms with E-state index in [2.05, 4.69) is 37.9 Å². The lowest BCUT2D eigenvalue weighted by Crippen LogP contribution is -2.04. The maximum Gasteiger partial charge on any atom is 0.354 e. The van der Waals surface area contributed by atoms with E-state index in [-0.39, 0.29) is 5.97 Å². The van der Waals surface area contributed by atoms with Crippen LogP contribution in [0.2, 0.25) is 0 Å². The number of H-pyrrole nitrogens is 1. The van der Waals surface area contributed by atoms with Gasteiger partial charge < -0.3 is 14.5 Å². The summed E-state index contributed by atoms with van der Waals surface area (Å²) in [5.41, 5.74) is 4.00. The molecule has 134 valence electrons. The minimum atomic E-state index is -0.337. The van der Waals surface area contributed by atoms with Gasteiger partial charge in [0.1, 0.15) is 18.1 Å². The van der Waals surface area contributed by atoms with Crippen LogP contribution in [-0.4, -0.2) is 24.2 Å². The predicted molar refractivity (Wildman–Crippen MR) is 102 cm³/mol. The van der Waals surface area contributed by atoms with E-state index >= 15 is 0 Å². The summed E-state index contributed by atoms with van der Waals surface area (Å²) in [7, 11) is 0. The molecule has 0 aliphatic carbocycles. The highest BCUT2D eigenvalue weighted by molar-refractivity contribution is 5.95. The van der Waals surface area contributed by atoms with Crippen LogP contribution in [0.15, 0.2) is 47.6 Å². The Labute approximate surface area is 149 Å². The van der Waals surface area contributed by atoms with Crippen molar-refractivity contribution in [1.29, 1.82) is 0 Å². The number of hydrogen-bond acceptors (Lipinski definition) is 3. The normalized spacial score (nSPS) is 11.4. The topological polar surface area (TPSA) is 51.3 Å². The van der Waals surface area contributed by atoms with E-state index in [1.165, 1.54) is 11.1 Å². The van der Waals surface area contributed by atoms with Crippen molar-refractivity contribution >= 4 is 16.9 Å². The van der Waals surface area contributed by atoms with Crippen molar-refractivity contribution in [3.05, 3.63) is 53.3 Å². The third-order valence-electron chi connectivity index (χ3n) is 3.86. The third kappa shape index (κ3) is 5.82. The molecule has 25 heavy (non-hydrogen) atoms. The summed E-state index contributed by atoms with van der Waals surface area (Å²) in [6.45, 7) is 9.06. The first-order chi connectivity index (χ1) is 12.0. The number of carbonyl (C=O) groups is 1. The highest BCUT2D eigenvalue weighted by Crippen LogP contribution is 2.22. The smallest absolute Gasteiger partial charge is 0.354 e. The highest BCUT2D eigenvalue weighted by Gasteiger charge is 2.10. The number of carbonyl (C=O) groups excluding carboxylic acids is 1. The average molecular weight is 341 g/mol. The van der Waals surface area contributed by atoms with Gasteiger partial charge in [-0.15, -0.1) is 0 Å². The van der Waals surface area contributed by atoms with Crippen molar-refractivity contribution in [2.24, 2.45) is 0 Å². The molecule has 0 saturated heterocycles.